The molecule has 3 atom stereocenters. The summed E-state index contributed by atoms with van der Waals surface area (Å²) in [4.78, 5) is 2.72. The number of nitrogens with zero attached hydrogens (tertiary/aromatic N) is 2. The summed E-state index contributed by atoms with van der Waals surface area (Å²) in [7, 11) is 2.21. The molecular weight excluding hydrogens is 248 g/mol. The predicted octanol–water partition coefficient (Wildman–Crippen LogP) is 2.62. The van der Waals surface area contributed by atoms with E-state index in [4.69, 9.17) is 0 Å². The molecule has 1 saturated heterocycles. The SMILES string of the molecule is Cn1c2c(c3cc(O)ccc31)CCN1CC3CC2C1C3. The average molecular weight is 268 g/mol. The maximum Gasteiger partial charge on any atom is 0.116 e. The zero-order chi connectivity index (χ0) is 13.4. The fraction of sp³-hybridized carbons (Fsp3) is 0.529. The molecule has 1 aromatic carbocycles. The monoisotopic (exact) mass is 268 g/mol. The van der Waals surface area contributed by atoms with Crippen LogP contribution in [0.3, 0.4) is 0 Å². The molecule has 2 aromatic rings. The van der Waals surface area contributed by atoms with E-state index < -0.39 is 0 Å². The molecule has 1 saturated carbocycles. The molecule has 2 bridgehead atoms. The third kappa shape index (κ3) is 1.25. The minimum Gasteiger partial charge on any atom is -0.508 e. The molecule has 104 valence electrons. The van der Waals surface area contributed by atoms with Gasteiger partial charge in [0.05, 0.1) is 0 Å². The van der Waals surface area contributed by atoms with E-state index in [1.54, 1.807) is 5.69 Å². The Morgan fingerprint density at radius 1 is 1.25 bits per heavy atom. The number of phenols is 1. The number of hydrogen-bond donors (Lipinski definition) is 1. The number of piperidine rings is 1. The van der Waals surface area contributed by atoms with E-state index in [-0.39, 0.29) is 0 Å². The Morgan fingerprint density at radius 3 is 3.00 bits per heavy atom. The van der Waals surface area contributed by atoms with E-state index in [1.807, 2.05) is 12.1 Å². The van der Waals surface area contributed by atoms with Crippen LogP contribution in [0.5, 0.6) is 5.75 Å². The highest BCUT2D eigenvalue weighted by molar-refractivity contribution is 5.87. The quantitative estimate of drug-likeness (QED) is 0.795. The van der Waals surface area contributed by atoms with Gasteiger partial charge >= 0.3 is 0 Å². The zero-order valence-electron chi connectivity index (χ0n) is 11.8. The van der Waals surface area contributed by atoms with Crippen molar-refractivity contribution in [1.29, 1.82) is 0 Å². The average Bonchev–Trinajstić information content (AvgIpc) is 3.07. The minimum absolute atomic E-state index is 0.391. The number of rotatable bonds is 0. The third-order valence-electron chi connectivity index (χ3n) is 5.93. The fourth-order valence-electron chi connectivity index (χ4n) is 5.21. The Labute approximate surface area is 118 Å². The van der Waals surface area contributed by atoms with Crippen LogP contribution in [-0.2, 0) is 13.5 Å². The van der Waals surface area contributed by atoms with Crippen LogP contribution in [0.1, 0.15) is 30.0 Å². The molecular formula is C17H20N2O. The highest BCUT2D eigenvalue weighted by Gasteiger charge is 2.48. The number of aryl methyl sites for hydroxylation is 1. The van der Waals surface area contributed by atoms with Crippen molar-refractivity contribution < 1.29 is 5.11 Å². The summed E-state index contributed by atoms with van der Waals surface area (Å²) < 4.78 is 2.40. The lowest BCUT2D eigenvalue weighted by molar-refractivity contribution is 0.200. The molecule has 0 spiro atoms. The van der Waals surface area contributed by atoms with E-state index in [2.05, 4.69) is 22.6 Å². The van der Waals surface area contributed by atoms with E-state index in [9.17, 15) is 5.11 Å². The van der Waals surface area contributed by atoms with E-state index in [0.717, 1.165) is 18.4 Å². The molecule has 20 heavy (non-hydrogen) atoms. The first kappa shape index (κ1) is 11.2. The largest absolute Gasteiger partial charge is 0.508 e. The molecule has 1 aliphatic carbocycles. The van der Waals surface area contributed by atoms with Gasteiger partial charge in [-0.2, -0.15) is 0 Å². The van der Waals surface area contributed by atoms with Crippen LogP contribution in [0.25, 0.3) is 10.9 Å². The van der Waals surface area contributed by atoms with Crippen molar-refractivity contribution in [3.63, 3.8) is 0 Å². The van der Waals surface area contributed by atoms with Crippen molar-refractivity contribution in [3.8, 4) is 5.75 Å². The lowest BCUT2D eigenvalue weighted by Crippen LogP contribution is -2.36. The molecule has 3 nitrogen and oxygen atoms in total. The van der Waals surface area contributed by atoms with Gasteiger partial charge in [0.25, 0.3) is 0 Å². The van der Waals surface area contributed by atoms with Crippen molar-refractivity contribution in [1.82, 2.24) is 9.47 Å². The topological polar surface area (TPSA) is 28.4 Å². The van der Waals surface area contributed by atoms with Crippen molar-refractivity contribution in [2.75, 3.05) is 13.1 Å². The van der Waals surface area contributed by atoms with Crippen LogP contribution in [0.15, 0.2) is 18.2 Å². The number of hydrogen-bond acceptors (Lipinski definition) is 2. The Hall–Kier alpha value is -1.48. The summed E-state index contributed by atoms with van der Waals surface area (Å²) >= 11 is 0. The molecule has 1 N–H and O–H groups in total. The van der Waals surface area contributed by atoms with Crippen LogP contribution in [0.2, 0.25) is 0 Å². The minimum atomic E-state index is 0.391. The molecule has 3 heterocycles. The maximum absolute atomic E-state index is 9.84. The first-order valence-electron chi connectivity index (χ1n) is 7.76. The summed E-state index contributed by atoms with van der Waals surface area (Å²) in [6, 6.07) is 6.63. The van der Waals surface area contributed by atoms with Gasteiger partial charge in [-0.1, -0.05) is 0 Å². The summed E-state index contributed by atoms with van der Waals surface area (Å²) in [5.74, 6) is 2.02. The van der Waals surface area contributed by atoms with Crippen molar-refractivity contribution in [3.05, 3.63) is 29.5 Å². The third-order valence-corrected chi connectivity index (χ3v) is 5.93. The van der Waals surface area contributed by atoms with Crippen molar-refractivity contribution in [2.24, 2.45) is 13.0 Å². The van der Waals surface area contributed by atoms with E-state index in [0.29, 0.717) is 11.7 Å². The lowest BCUT2D eigenvalue weighted by atomic mass is 9.93. The lowest BCUT2D eigenvalue weighted by Gasteiger charge is -2.31. The number of fused-ring (bicyclic) bond motifs is 5. The van der Waals surface area contributed by atoms with Gasteiger partial charge in [0.1, 0.15) is 5.75 Å². The van der Waals surface area contributed by atoms with Crippen LogP contribution in [0, 0.1) is 5.92 Å². The first-order chi connectivity index (χ1) is 9.72. The van der Waals surface area contributed by atoms with Crippen LogP contribution in [-0.4, -0.2) is 33.7 Å². The molecule has 0 amide bonds. The fourth-order valence-corrected chi connectivity index (χ4v) is 5.21. The highest BCUT2D eigenvalue weighted by Crippen LogP contribution is 2.51. The smallest absolute Gasteiger partial charge is 0.116 e. The molecule has 2 aliphatic heterocycles. The number of aromatic hydroxyl groups is 1. The Bertz CT molecular complexity index is 717. The van der Waals surface area contributed by atoms with Crippen LogP contribution in [0.4, 0.5) is 0 Å². The Kier molecular flexibility index (Phi) is 2.01. The van der Waals surface area contributed by atoms with Gasteiger partial charge in [0.15, 0.2) is 0 Å². The standard InChI is InChI=1S/C17H20N2O/c1-18-15-3-2-11(20)8-13(15)12-4-5-19-9-10-6-14(17(12)18)16(19)7-10/h2-3,8,10,14,16,20H,4-7,9H2,1H3. The number of aromatic nitrogens is 1. The maximum atomic E-state index is 9.84. The second-order valence-corrected chi connectivity index (χ2v) is 6.88. The second-order valence-electron chi connectivity index (χ2n) is 6.88. The van der Waals surface area contributed by atoms with Gasteiger partial charge in [-0.15, -0.1) is 0 Å². The second kappa shape index (κ2) is 3.59. The van der Waals surface area contributed by atoms with Crippen LogP contribution < -0.4 is 0 Å². The molecule has 1 aromatic heterocycles. The summed E-state index contributed by atoms with van der Waals surface area (Å²) in [5, 5.41) is 11.1. The van der Waals surface area contributed by atoms with Gasteiger partial charge in [-0.05, 0) is 48.9 Å². The van der Waals surface area contributed by atoms with Gasteiger partial charge in [0, 0.05) is 48.7 Å². The summed E-state index contributed by atoms with van der Waals surface area (Å²) in [5.41, 5.74) is 4.34. The van der Waals surface area contributed by atoms with Gasteiger partial charge < -0.3 is 9.67 Å². The normalized spacial score (nSPS) is 31.8. The van der Waals surface area contributed by atoms with E-state index >= 15 is 0 Å². The highest BCUT2D eigenvalue weighted by atomic mass is 16.3. The predicted molar refractivity (Wildman–Crippen MR) is 79.1 cm³/mol. The van der Waals surface area contributed by atoms with Gasteiger partial charge in [-0.3, -0.25) is 4.90 Å². The Balaban J connectivity index is 1.80. The molecule has 3 unspecified atom stereocenters. The molecule has 0 radical (unpaired) electrons. The Morgan fingerprint density at radius 2 is 2.15 bits per heavy atom. The summed E-state index contributed by atoms with van der Waals surface area (Å²) in [6.07, 6.45) is 3.90. The molecule has 3 heteroatoms. The molecule has 2 fully saturated rings. The first-order valence-corrected chi connectivity index (χ1v) is 7.76. The van der Waals surface area contributed by atoms with Crippen molar-refractivity contribution >= 4 is 10.9 Å². The molecule has 3 aliphatic rings. The van der Waals surface area contributed by atoms with Crippen molar-refractivity contribution in [2.45, 2.75) is 31.2 Å². The number of benzene rings is 1. The summed E-state index contributed by atoms with van der Waals surface area (Å²) in [6.45, 7) is 2.51. The number of phenolic OH excluding ortho intramolecular Hbond substituents is 1. The molecule has 5 rings (SSSR count). The van der Waals surface area contributed by atoms with Gasteiger partial charge in [-0.25, -0.2) is 0 Å². The van der Waals surface area contributed by atoms with E-state index in [1.165, 1.54) is 42.4 Å². The van der Waals surface area contributed by atoms with Gasteiger partial charge in [0.2, 0.25) is 0 Å². The zero-order valence-corrected chi connectivity index (χ0v) is 11.8. The van der Waals surface area contributed by atoms with Crippen LogP contribution >= 0.6 is 0 Å².